The smallest absolute Gasteiger partial charge is 0.305 e. The molecule has 5 nitrogen and oxygen atoms in total. The molecule has 0 atom stereocenters. The van der Waals surface area contributed by atoms with E-state index in [9.17, 15) is 9.90 Å². The number of hydrogen-bond donors (Lipinski definition) is 2. The summed E-state index contributed by atoms with van der Waals surface area (Å²) in [4.78, 5) is 15.7. The highest BCUT2D eigenvalue weighted by Crippen LogP contribution is 2.35. The van der Waals surface area contributed by atoms with Crippen LogP contribution < -0.4 is 5.32 Å². The van der Waals surface area contributed by atoms with E-state index in [0.29, 0.717) is 0 Å². The fourth-order valence-electron chi connectivity index (χ4n) is 2.67. The van der Waals surface area contributed by atoms with Crippen LogP contribution in [0.4, 0.5) is 5.13 Å². The summed E-state index contributed by atoms with van der Waals surface area (Å²) in [6, 6.07) is 0. The van der Waals surface area contributed by atoms with Crippen LogP contribution in [0.1, 0.15) is 65.1 Å². The molecule has 1 aromatic rings. The van der Waals surface area contributed by atoms with Gasteiger partial charge in [-0.15, -0.1) is 0 Å². The van der Waals surface area contributed by atoms with Crippen molar-refractivity contribution in [2.24, 2.45) is 0 Å². The van der Waals surface area contributed by atoms with Gasteiger partial charge in [0.05, 0.1) is 12.0 Å². The van der Waals surface area contributed by atoms with Gasteiger partial charge in [0, 0.05) is 16.9 Å². The fourth-order valence-corrected chi connectivity index (χ4v) is 3.55. The molecule has 0 aliphatic heterocycles. The number of carbonyl (C=O) groups is 1. The topological polar surface area (TPSA) is 75.1 Å². The van der Waals surface area contributed by atoms with E-state index >= 15 is 0 Å². The summed E-state index contributed by atoms with van der Waals surface area (Å²) in [5.74, 6) is 0.0613. The Balaban J connectivity index is 2.15. The number of anilines is 1. The summed E-state index contributed by atoms with van der Waals surface area (Å²) in [6.45, 7) is 6.23. The average Bonchev–Trinajstić information content (AvgIpc) is 2.77. The van der Waals surface area contributed by atoms with E-state index in [0.717, 1.165) is 36.6 Å². The highest BCUT2D eigenvalue weighted by Gasteiger charge is 2.35. The van der Waals surface area contributed by atoms with Crippen LogP contribution in [0.2, 0.25) is 0 Å². The molecule has 0 bridgehead atoms. The number of carboxylic acids is 1. The van der Waals surface area contributed by atoms with Gasteiger partial charge in [-0.1, -0.05) is 40.0 Å². The lowest BCUT2D eigenvalue weighted by Crippen LogP contribution is -2.42. The van der Waals surface area contributed by atoms with Crippen LogP contribution in [0.3, 0.4) is 0 Å². The summed E-state index contributed by atoms with van der Waals surface area (Å²) in [5.41, 5.74) is -0.429. The first-order valence-corrected chi connectivity index (χ1v) is 7.92. The first-order valence-electron chi connectivity index (χ1n) is 7.15. The van der Waals surface area contributed by atoms with Crippen LogP contribution in [0.5, 0.6) is 0 Å². The third-order valence-corrected chi connectivity index (χ3v) is 4.40. The van der Waals surface area contributed by atoms with Crippen LogP contribution in [-0.2, 0) is 10.2 Å². The molecule has 1 saturated carbocycles. The Morgan fingerprint density at radius 1 is 1.35 bits per heavy atom. The second kappa shape index (κ2) is 5.68. The normalized spacial score (nSPS) is 18.8. The average molecular weight is 297 g/mol. The summed E-state index contributed by atoms with van der Waals surface area (Å²) in [7, 11) is 0. The van der Waals surface area contributed by atoms with Gasteiger partial charge in [0.15, 0.2) is 0 Å². The van der Waals surface area contributed by atoms with E-state index in [2.05, 4.69) is 35.4 Å². The van der Waals surface area contributed by atoms with E-state index in [1.54, 1.807) is 0 Å². The molecule has 0 spiro atoms. The molecule has 0 aromatic carbocycles. The number of nitrogens with one attached hydrogen (secondary N) is 1. The van der Waals surface area contributed by atoms with Crippen LogP contribution in [0.15, 0.2) is 0 Å². The minimum atomic E-state index is -0.750. The first-order chi connectivity index (χ1) is 9.31. The van der Waals surface area contributed by atoms with Gasteiger partial charge >= 0.3 is 5.97 Å². The molecular weight excluding hydrogens is 274 g/mol. The molecule has 1 heterocycles. The van der Waals surface area contributed by atoms with Crippen molar-refractivity contribution in [2.45, 2.75) is 70.3 Å². The number of rotatable bonds is 4. The van der Waals surface area contributed by atoms with Gasteiger partial charge in [0.1, 0.15) is 5.82 Å². The van der Waals surface area contributed by atoms with Gasteiger partial charge in [-0.3, -0.25) is 4.79 Å². The third-order valence-electron chi connectivity index (χ3n) is 3.77. The number of nitrogens with zero attached hydrogens (tertiary/aromatic N) is 2. The van der Waals surface area contributed by atoms with Gasteiger partial charge in [-0.2, -0.15) is 4.37 Å². The Kier molecular flexibility index (Phi) is 4.32. The monoisotopic (exact) mass is 297 g/mol. The summed E-state index contributed by atoms with van der Waals surface area (Å²) in [6.07, 6.45) is 5.27. The zero-order valence-electron chi connectivity index (χ0n) is 12.4. The number of aliphatic carboxylic acids is 1. The maximum atomic E-state index is 11.2. The molecule has 0 amide bonds. The Hall–Kier alpha value is -1.17. The molecule has 2 N–H and O–H groups in total. The van der Waals surface area contributed by atoms with E-state index in [4.69, 9.17) is 0 Å². The van der Waals surface area contributed by atoms with E-state index in [-0.39, 0.29) is 17.4 Å². The van der Waals surface area contributed by atoms with E-state index < -0.39 is 5.97 Å². The Morgan fingerprint density at radius 2 is 2.00 bits per heavy atom. The molecule has 112 valence electrons. The van der Waals surface area contributed by atoms with E-state index in [1.165, 1.54) is 18.0 Å². The van der Waals surface area contributed by atoms with Crippen LogP contribution >= 0.6 is 11.5 Å². The zero-order valence-corrected chi connectivity index (χ0v) is 13.2. The van der Waals surface area contributed by atoms with Crippen LogP contribution in [0, 0.1) is 0 Å². The van der Waals surface area contributed by atoms with Crippen molar-refractivity contribution in [1.82, 2.24) is 9.36 Å². The highest BCUT2D eigenvalue weighted by atomic mass is 32.1. The number of aromatic nitrogens is 2. The SMILES string of the molecule is CC(C)(C)c1nsc(NC2(CC(=O)O)CCCCC2)n1. The molecule has 0 saturated heterocycles. The minimum absolute atomic E-state index is 0.0804. The molecule has 1 aliphatic rings. The standard InChI is InChI=1S/C14H23N3O2S/c1-13(2,3)11-15-12(20-17-11)16-14(9-10(18)19)7-5-4-6-8-14/h4-9H2,1-3H3,(H,18,19)(H,15,16,17). The van der Waals surface area contributed by atoms with Crippen molar-refractivity contribution in [3.63, 3.8) is 0 Å². The van der Waals surface area contributed by atoms with Crippen molar-refractivity contribution >= 4 is 22.6 Å². The van der Waals surface area contributed by atoms with Gasteiger partial charge in [-0.25, -0.2) is 4.98 Å². The number of carboxylic acid groups (broad SMARTS) is 1. The van der Waals surface area contributed by atoms with Crippen molar-refractivity contribution < 1.29 is 9.90 Å². The quantitative estimate of drug-likeness (QED) is 0.890. The summed E-state index contributed by atoms with van der Waals surface area (Å²) < 4.78 is 4.38. The lowest BCUT2D eigenvalue weighted by molar-refractivity contribution is -0.138. The van der Waals surface area contributed by atoms with Crippen molar-refractivity contribution in [1.29, 1.82) is 0 Å². The molecule has 1 aliphatic carbocycles. The van der Waals surface area contributed by atoms with E-state index in [1.807, 2.05) is 0 Å². The predicted molar refractivity (Wildman–Crippen MR) is 80.3 cm³/mol. The Morgan fingerprint density at radius 3 is 2.50 bits per heavy atom. The summed E-state index contributed by atoms with van der Waals surface area (Å²) in [5, 5.41) is 13.3. The molecule has 20 heavy (non-hydrogen) atoms. The van der Waals surface area contributed by atoms with Crippen LogP contribution in [-0.4, -0.2) is 26.0 Å². The lowest BCUT2D eigenvalue weighted by Gasteiger charge is -2.36. The van der Waals surface area contributed by atoms with Crippen molar-refractivity contribution in [3.05, 3.63) is 5.82 Å². The second-order valence-electron chi connectivity index (χ2n) is 6.71. The zero-order chi connectivity index (χ0) is 14.8. The van der Waals surface area contributed by atoms with Gasteiger partial charge in [0.2, 0.25) is 5.13 Å². The number of hydrogen-bond acceptors (Lipinski definition) is 5. The third kappa shape index (κ3) is 3.69. The van der Waals surface area contributed by atoms with Gasteiger partial charge in [-0.05, 0) is 12.8 Å². The fraction of sp³-hybridized carbons (Fsp3) is 0.786. The van der Waals surface area contributed by atoms with Gasteiger partial charge < -0.3 is 10.4 Å². The van der Waals surface area contributed by atoms with Crippen molar-refractivity contribution in [3.8, 4) is 0 Å². The molecule has 1 fully saturated rings. The second-order valence-corrected chi connectivity index (χ2v) is 7.46. The summed E-state index contributed by atoms with van der Waals surface area (Å²) >= 11 is 1.33. The Bertz CT molecular complexity index is 473. The molecule has 6 heteroatoms. The molecule has 0 radical (unpaired) electrons. The maximum Gasteiger partial charge on any atom is 0.305 e. The largest absolute Gasteiger partial charge is 0.481 e. The maximum absolute atomic E-state index is 11.2. The van der Waals surface area contributed by atoms with Gasteiger partial charge in [0.25, 0.3) is 0 Å². The van der Waals surface area contributed by atoms with Crippen LogP contribution in [0.25, 0.3) is 0 Å². The molecular formula is C14H23N3O2S. The van der Waals surface area contributed by atoms with Crippen molar-refractivity contribution in [2.75, 3.05) is 5.32 Å². The molecule has 1 aromatic heterocycles. The first kappa shape index (κ1) is 15.2. The highest BCUT2D eigenvalue weighted by molar-refractivity contribution is 7.09. The minimum Gasteiger partial charge on any atom is -0.481 e. The lowest BCUT2D eigenvalue weighted by atomic mass is 9.79. The molecule has 2 rings (SSSR count). The predicted octanol–water partition coefficient (Wildman–Crippen LogP) is 3.43. The molecule has 0 unspecified atom stereocenters. The Labute approximate surface area is 124 Å².